The van der Waals surface area contributed by atoms with Gasteiger partial charge in [-0.2, -0.15) is 0 Å². The maximum Gasteiger partial charge on any atom is 0.497 e. The highest BCUT2D eigenvalue weighted by molar-refractivity contribution is 6.90. The van der Waals surface area contributed by atoms with Crippen LogP contribution >= 0.6 is 0 Å². The Labute approximate surface area is 218 Å². The fourth-order valence-corrected chi connectivity index (χ4v) is 10.7. The molecule has 0 aliphatic carbocycles. The molecule has 0 amide bonds. The van der Waals surface area contributed by atoms with Crippen LogP contribution in [0.25, 0.3) is 10.8 Å². The predicted molar refractivity (Wildman–Crippen MR) is 150 cm³/mol. The van der Waals surface area contributed by atoms with Crippen molar-refractivity contribution in [1.82, 2.24) is 0 Å². The molecule has 7 heteroatoms. The Morgan fingerprint density at radius 1 is 0.944 bits per heavy atom. The van der Waals surface area contributed by atoms with Crippen LogP contribution < -0.4 is 10.2 Å². The molecule has 0 bridgehead atoms. The number of rotatable bonds is 7. The number of ether oxygens (including phenoxy) is 2. The quantitative estimate of drug-likeness (QED) is 0.232. The summed E-state index contributed by atoms with van der Waals surface area (Å²) in [4.78, 5) is 0. The molecule has 3 rings (SSSR count). The zero-order valence-corrected chi connectivity index (χ0v) is 24.8. The molecule has 1 aliphatic heterocycles. The summed E-state index contributed by atoms with van der Waals surface area (Å²) in [6.45, 7) is 21.6. The van der Waals surface area contributed by atoms with E-state index >= 15 is 4.39 Å². The lowest BCUT2D eigenvalue weighted by Crippen LogP contribution is -2.43. The number of methoxy groups -OCH3 is 1. The predicted octanol–water partition coefficient (Wildman–Crippen LogP) is 6.83. The van der Waals surface area contributed by atoms with E-state index in [9.17, 15) is 0 Å². The molecule has 0 radical (unpaired) electrons. The molecule has 1 saturated heterocycles. The average molecular weight is 513 g/mol. The second-order valence-corrected chi connectivity index (χ2v) is 17.4. The standard InChI is InChI=1S/C29H42BFO4Si/c1-19(2)36(20(3)4,21(5)6)15-14-25-24-13-12-23(33-18-32-11)16-22(24)17-26(27(25)31)30-34-28(7,8)29(9,10)35-30/h12-13,16-17,19-21H,18H2,1-11H3. The molecule has 0 aromatic heterocycles. The van der Waals surface area contributed by atoms with Crippen molar-refractivity contribution >= 4 is 31.4 Å². The van der Waals surface area contributed by atoms with Crippen LogP contribution in [0.2, 0.25) is 16.6 Å². The van der Waals surface area contributed by atoms with Gasteiger partial charge in [0.25, 0.3) is 0 Å². The maximum absolute atomic E-state index is 16.3. The van der Waals surface area contributed by atoms with Gasteiger partial charge in [-0.15, -0.1) is 5.54 Å². The van der Waals surface area contributed by atoms with Gasteiger partial charge in [-0.1, -0.05) is 53.5 Å². The van der Waals surface area contributed by atoms with Gasteiger partial charge in [-0.3, -0.25) is 0 Å². The van der Waals surface area contributed by atoms with E-state index in [2.05, 4.69) is 53.0 Å². The minimum Gasteiger partial charge on any atom is -0.468 e. The average Bonchev–Trinajstić information content (AvgIpc) is 2.99. The molecule has 0 atom stereocenters. The van der Waals surface area contributed by atoms with Crippen LogP contribution in [-0.2, 0) is 14.0 Å². The number of hydrogen-bond acceptors (Lipinski definition) is 4. The van der Waals surface area contributed by atoms with E-state index in [-0.39, 0.29) is 12.6 Å². The SMILES string of the molecule is COCOc1ccc2c(C#C[Si](C(C)C)(C(C)C)C(C)C)c(F)c(B3OC(C)(C)C(C)(C)O3)cc2c1. The van der Waals surface area contributed by atoms with Gasteiger partial charge in [0.2, 0.25) is 0 Å². The van der Waals surface area contributed by atoms with Gasteiger partial charge in [-0.05, 0) is 67.9 Å². The third-order valence-corrected chi connectivity index (χ3v) is 14.5. The van der Waals surface area contributed by atoms with Crippen molar-refractivity contribution < 1.29 is 23.2 Å². The van der Waals surface area contributed by atoms with Crippen molar-refractivity contribution in [2.75, 3.05) is 13.9 Å². The minimum atomic E-state index is -2.08. The first kappa shape index (κ1) is 28.7. The van der Waals surface area contributed by atoms with Gasteiger partial charge in [0.1, 0.15) is 19.6 Å². The van der Waals surface area contributed by atoms with Crippen LogP contribution in [0.3, 0.4) is 0 Å². The molecule has 4 nitrogen and oxygen atoms in total. The van der Waals surface area contributed by atoms with E-state index in [0.29, 0.717) is 33.4 Å². The lowest BCUT2D eigenvalue weighted by atomic mass is 9.76. The van der Waals surface area contributed by atoms with Gasteiger partial charge in [0, 0.05) is 18.0 Å². The molecule has 196 valence electrons. The fraction of sp³-hybridized carbons (Fsp3) is 0.586. The number of hydrogen-bond donors (Lipinski definition) is 0. The van der Waals surface area contributed by atoms with E-state index in [1.807, 2.05) is 45.9 Å². The summed E-state index contributed by atoms with van der Waals surface area (Å²) in [6.07, 6.45) is 0. The first-order valence-corrected chi connectivity index (χ1v) is 15.2. The van der Waals surface area contributed by atoms with Crippen molar-refractivity contribution in [3.63, 3.8) is 0 Å². The molecule has 0 unspecified atom stereocenters. The van der Waals surface area contributed by atoms with Crippen LogP contribution in [0, 0.1) is 17.3 Å². The van der Waals surface area contributed by atoms with Crippen LogP contribution in [0.4, 0.5) is 4.39 Å². The summed E-state index contributed by atoms with van der Waals surface area (Å²) in [6, 6.07) is 7.41. The Kier molecular flexibility index (Phi) is 8.37. The first-order chi connectivity index (χ1) is 16.7. The molecule has 1 fully saturated rings. The van der Waals surface area contributed by atoms with Crippen LogP contribution in [0.15, 0.2) is 24.3 Å². The molecule has 0 saturated carbocycles. The third kappa shape index (κ3) is 5.11. The topological polar surface area (TPSA) is 36.9 Å². The third-order valence-electron chi connectivity index (χ3n) is 8.20. The second-order valence-electron chi connectivity index (χ2n) is 11.8. The lowest BCUT2D eigenvalue weighted by molar-refractivity contribution is 0.00578. The Morgan fingerprint density at radius 3 is 2.00 bits per heavy atom. The molecule has 0 N–H and O–H groups in total. The molecule has 36 heavy (non-hydrogen) atoms. The molecular weight excluding hydrogens is 470 g/mol. The zero-order valence-electron chi connectivity index (χ0n) is 23.8. The van der Waals surface area contributed by atoms with Crippen molar-refractivity contribution in [3.8, 4) is 17.2 Å². The van der Waals surface area contributed by atoms with E-state index in [0.717, 1.165) is 10.8 Å². The lowest BCUT2D eigenvalue weighted by Gasteiger charge is -2.38. The smallest absolute Gasteiger partial charge is 0.468 e. The number of fused-ring (bicyclic) bond motifs is 1. The van der Waals surface area contributed by atoms with Crippen LogP contribution in [0.1, 0.15) is 74.8 Å². The van der Waals surface area contributed by atoms with Crippen molar-refractivity contribution in [3.05, 3.63) is 35.6 Å². The zero-order chi connectivity index (χ0) is 27.1. The van der Waals surface area contributed by atoms with E-state index in [1.54, 1.807) is 13.2 Å². The van der Waals surface area contributed by atoms with Gasteiger partial charge < -0.3 is 18.8 Å². The molecular formula is C29H42BFO4Si. The van der Waals surface area contributed by atoms with Gasteiger partial charge >= 0.3 is 7.12 Å². The largest absolute Gasteiger partial charge is 0.497 e. The Hall–Kier alpha value is -1.85. The maximum atomic E-state index is 16.3. The Balaban J connectivity index is 2.27. The second kappa shape index (κ2) is 10.5. The molecule has 0 spiro atoms. The molecule has 2 aromatic rings. The van der Waals surface area contributed by atoms with Gasteiger partial charge in [0.05, 0.1) is 16.8 Å². The molecule has 2 aromatic carbocycles. The normalized spacial score (nSPS) is 17.2. The fourth-order valence-electron chi connectivity index (χ4n) is 5.47. The highest BCUT2D eigenvalue weighted by Gasteiger charge is 2.52. The van der Waals surface area contributed by atoms with Crippen molar-refractivity contribution in [2.45, 2.75) is 97.1 Å². The van der Waals surface area contributed by atoms with Gasteiger partial charge in [0.15, 0.2) is 6.79 Å². The number of halogens is 1. The summed E-state index contributed by atoms with van der Waals surface area (Å²) in [5.74, 6) is 3.64. The van der Waals surface area contributed by atoms with Crippen molar-refractivity contribution in [1.29, 1.82) is 0 Å². The molecule has 1 heterocycles. The monoisotopic (exact) mass is 512 g/mol. The van der Waals surface area contributed by atoms with E-state index < -0.39 is 26.4 Å². The first-order valence-electron chi connectivity index (χ1n) is 12.9. The summed E-state index contributed by atoms with van der Waals surface area (Å²) in [7, 11) is -1.33. The number of benzene rings is 2. The summed E-state index contributed by atoms with van der Waals surface area (Å²) < 4.78 is 39.5. The Bertz CT molecular complexity index is 1130. The van der Waals surface area contributed by atoms with E-state index in [1.165, 1.54) is 0 Å². The Morgan fingerprint density at radius 2 is 1.50 bits per heavy atom. The summed E-state index contributed by atoms with van der Waals surface area (Å²) >= 11 is 0. The van der Waals surface area contributed by atoms with Gasteiger partial charge in [-0.25, -0.2) is 4.39 Å². The van der Waals surface area contributed by atoms with E-state index in [4.69, 9.17) is 18.8 Å². The highest BCUT2D eigenvalue weighted by atomic mass is 28.3. The van der Waals surface area contributed by atoms with Crippen LogP contribution in [0.5, 0.6) is 5.75 Å². The van der Waals surface area contributed by atoms with Crippen molar-refractivity contribution in [2.24, 2.45) is 0 Å². The molecule has 1 aliphatic rings. The highest BCUT2D eigenvalue weighted by Crippen LogP contribution is 2.41. The minimum absolute atomic E-state index is 0.134. The summed E-state index contributed by atoms with van der Waals surface area (Å²) in [5.41, 5.74) is 4.63. The van der Waals surface area contributed by atoms with Crippen LogP contribution in [-0.4, -0.2) is 40.3 Å². The summed E-state index contributed by atoms with van der Waals surface area (Å²) in [5, 5.41) is 1.58.